The first-order chi connectivity index (χ1) is 7.16. The van der Waals surface area contributed by atoms with E-state index in [1.807, 2.05) is 20.8 Å². The van der Waals surface area contributed by atoms with E-state index < -0.39 is 18.6 Å². The number of hydrogen-bond acceptors (Lipinski definition) is 2. The smallest absolute Gasteiger partial charge is 0.346 e. The maximum atomic E-state index is 11.7. The van der Waals surface area contributed by atoms with E-state index in [1.54, 1.807) is 5.32 Å². The first-order valence-corrected chi connectivity index (χ1v) is 5.20. The Bertz CT molecular complexity index is 227. The molecule has 6 heteroatoms. The fourth-order valence-electron chi connectivity index (χ4n) is 0.901. The number of carbonyl (C=O) groups excluding carboxylic acids is 1. The second-order valence-corrected chi connectivity index (χ2v) is 4.51. The van der Waals surface area contributed by atoms with Gasteiger partial charge in [0, 0.05) is 6.54 Å². The molecule has 16 heavy (non-hydrogen) atoms. The first kappa shape index (κ1) is 15.2. The molecule has 0 aromatic heterocycles. The Morgan fingerprint density at radius 3 is 2.19 bits per heavy atom. The Labute approximate surface area is 93.8 Å². The molecule has 0 heterocycles. The topological polar surface area (TPSA) is 41.1 Å². The Kier molecular flexibility index (Phi) is 5.78. The minimum absolute atomic E-state index is 0.0459. The van der Waals surface area contributed by atoms with Crippen LogP contribution in [0, 0.1) is 5.41 Å². The minimum atomic E-state index is -4.35. The van der Waals surface area contributed by atoms with E-state index >= 15 is 0 Å². The third-order valence-electron chi connectivity index (χ3n) is 2.33. The van der Waals surface area contributed by atoms with Crippen LogP contribution in [-0.4, -0.2) is 31.7 Å². The number of nitrogens with one attached hydrogen (secondary N) is 2. The summed E-state index contributed by atoms with van der Waals surface area (Å²) in [6.07, 6.45) is -3.41. The van der Waals surface area contributed by atoms with Crippen molar-refractivity contribution >= 4 is 5.91 Å². The van der Waals surface area contributed by atoms with Gasteiger partial charge in [0.15, 0.2) is 0 Å². The molecule has 0 aromatic carbocycles. The molecule has 3 nitrogen and oxygen atoms in total. The van der Waals surface area contributed by atoms with E-state index in [4.69, 9.17) is 0 Å². The highest BCUT2D eigenvalue weighted by Gasteiger charge is 2.27. The monoisotopic (exact) mass is 240 g/mol. The van der Waals surface area contributed by atoms with Gasteiger partial charge in [-0.1, -0.05) is 20.8 Å². The van der Waals surface area contributed by atoms with Crippen LogP contribution in [0.5, 0.6) is 0 Å². The second-order valence-electron chi connectivity index (χ2n) is 4.51. The maximum Gasteiger partial charge on any atom is 0.405 e. The summed E-state index contributed by atoms with van der Waals surface area (Å²) in [6.45, 7) is 5.31. The van der Waals surface area contributed by atoms with Gasteiger partial charge in [0.05, 0.1) is 6.54 Å². The highest BCUT2D eigenvalue weighted by atomic mass is 19.4. The average molecular weight is 240 g/mol. The number of alkyl halides is 3. The van der Waals surface area contributed by atoms with Crippen molar-refractivity contribution < 1.29 is 18.0 Å². The summed E-state index contributed by atoms with van der Waals surface area (Å²) < 4.78 is 35.2. The van der Waals surface area contributed by atoms with E-state index in [-0.39, 0.29) is 12.0 Å². The molecule has 0 aliphatic carbocycles. The number of halogens is 3. The van der Waals surface area contributed by atoms with Crippen molar-refractivity contribution in [3.05, 3.63) is 0 Å². The molecule has 0 fully saturated rings. The van der Waals surface area contributed by atoms with Gasteiger partial charge in [0.2, 0.25) is 5.91 Å². The Balaban J connectivity index is 3.67. The van der Waals surface area contributed by atoms with Crippen LogP contribution in [0.1, 0.15) is 27.2 Å². The molecule has 0 spiro atoms. The van der Waals surface area contributed by atoms with Crippen molar-refractivity contribution in [2.75, 3.05) is 19.6 Å². The van der Waals surface area contributed by atoms with E-state index in [2.05, 4.69) is 5.32 Å². The normalized spacial score (nSPS) is 12.6. The highest BCUT2D eigenvalue weighted by molar-refractivity contribution is 5.77. The predicted octanol–water partition coefficient (Wildman–Crippen LogP) is 1.69. The molecule has 0 unspecified atom stereocenters. The van der Waals surface area contributed by atoms with Crippen molar-refractivity contribution in [2.24, 2.45) is 5.41 Å². The fourth-order valence-corrected chi connectivity index (χ4v) is 0.901. The zero-order chi connectivity index (χ0) is 12.8. The quantitative estimate of drug-likeness (QED) is 0.741. The summed E-state index contributed by atoms with van der Waals surface area (Å²) in [5.41, 5.74) is 0.0459. The van der Waals surface area contributed by atoms with Gasteiger partial charge in [0.1, 0.15) is 6.54 Å². The minimum Gasteiger partial charge on any atom is -0.346 e. The molecule has 0 aromatic rings. The zero-order valence-corrected chi connectivity index (χ0v) is 9.87. The third kappa shape index (κ3) is 8.52. The molecule has 0 atom stereocenters. The number of rotatable bonds is 6. The van der Waals surface area contributed by atoms with Crippen molar-refractivity contribution in [1.82, 2.24) is 10.6 Å². The zero-order valence-electron chi connectivity index (χ0n) is 9.87. The highest BCUT2D eigenvalue weighted by Crippen LogP contribution is 2.17. The lowest BCUT2D eigenvalue weighted by atomic mass is 9.90. The van der Waals surface area contributed by atoms with Gasteiger partial charge < -0.3 is 10.6 Å². The molecular formula is C10H19F3N2O. The fraction of sp³-hybridized carbons (Fsp3) is 0.900. The van der Waals surface area contributed by atoms with Crippen LogP contribution in [0.3, 0.4) is 0 Å². The van der Waals surface area contributed by atoms with Gasteiger partial charge in [-0.15, -0.1) is 0 Å². The summed E-state index contributed by atoms with van der Waals surface area (Å²) in [4.78, 5) is 11.0. The Morgan fingerprint density at radius 1 is 1.19 bits per heavy atom. The van der Waals surface area contributed by atoms with Crippen molar-refractivity contribution in [3.63, 3.8) is 0 Å². The largest absolute Gasteiger partial charge is 0.405 e. The number of carbonyl (C=O) groups is 1. The predicted molar refractivity (Wildman–Crippen MR) is 56.0 cm³/mol. The summed E-state index contributed by atoms with van der Waals surface area (Å²) in [5.74, 6) is -0.635. The molecule has 0 radical (unpaired) electrons. The summed E-state index contributed by atoms with van der Waals surface area (Å²) in [7, 11) is 0. The summed E-state index contributed by atoms with van der Waals surface area (Å²) in [6, 6.07) is 0. The molecule has 96 valence electrons. The van der Waals surface area contributed by atoms with Gasteiger partial charge >= 0.3 is 6.18 Å². The lowest BCUT2D eigenvalue weighted by Crippen LogP contribution is -2.41. The van der Waals surface area contributed by atoms with E-state index in [9.17, 15) is 18.0 Å². The molecule has 0 rings (SSSR count). The molecule has 0 saturated heterocycles. The lowest BCUT2D eigenvalue weighted by Gasteiger charge is -2.22. The molecule has 1 amide bonds. The molecule has 0 aliphatic heterocycles. The maximum absolute atomic E-state index is 11.7. The van der Waals surface area contributed by atoms with Gasteiger partial charge in [-0.05, 0) is 11.8 Å². The van der Waals surface area contributed by atoms with Crippen molar-refractivity contribution in [2.45, 2.75) is 33.4 Å². The first-order valence-electron chi connectivity index (χ1n) is 5.20. The Hall–Kier alpha value is -0.780. The second kappa shape index (κ2) is 6.08. The van der Waals surface area contributed by atoms with Crippen molar-refractivity contribution in [3.8, 4) is 0 Å². The third-order valence-corrected chi connectivity index (χ3v) is 2.33. The van der Waals surface area contributed by atoms with Crippen LogP contribution in [0.2, 0.25) is 0 Å². The van der Waals surface area contributed by atoms with Crippen LogP contribution in [0.15, 0.2) is 0 Å². The van der Waals surface area contributed by atoms with Crippen LogP contribution in [0.25, 0.3) is 0 Å². The molecule has 0 bridgehead atoms. The molecular weight excluding hydrogens is 221 g/mol. The molecule has 0 aliphatic rings. The molecule has 0 saturated carbocycles. The van der Waals surface area contributed by atoms with Crippen LogP contribution in [0.4, 0.5) is 13.2 Å². The Morgan fingerprint density at radius 2 is 1.75 bits per heavy atom. The van der Waals surface area contributed by atoms with Gasteiger partial charge in [-0.25, -0.2) is 0 Å². The van der Waals surface area contributed by atoms with Gasteiger partial charge in [-0.2, -0.15) is 13.2 Å². The summed E-state index contributed by atoms with van der Waals surface area (Å²) >= 11 is 0. The average Bonchev–Trinajstić information content (AvgIpc) is 2.13. The molecule has 2 N–H and O–H groups in total. The SMILES string of the molecule is CCC(C)(C)CNCC(=O)NCC(F)(F)F. The van der Waals surface area contributed by atoms with Crippen LogP contribution >= 0.6 is 0 Å². The van der Waals surface area contributed by atoms with Crippen LogP contribution < -0.4 is 10.6 Å². The van der Waals surface area contributed by atoms with Gasteiger partial charge in [-0.3, -0.25) is 4.79 Å². The van der Waals surface area contributed by atoms with E-state index in [0.717, 1.165) is 6.42 Å². The van der Waals surface area contributed by atoms with Crippen molar-refractivity contribution in [1.29, 1.82) is 0 Å². The van der Waals surface area contributed by atoms with E-state index in [1.165, 1.54) is 0 Å². The summed E-state index contributed by atoms with van der Waals surface area (Å²) in [5, 5.41) is 4.63. The van der Waals surface area contributed by atoms with E-state index in [0.29, 0.717) is 6.54 Å². The number of amides is 1. The number of hydrogen-bond donors (Lipinski definition) is 2. The standard InChI is InChI=1S/C10H19F3N2O/c1-4-9(2,3)6-14-5-8(16)15-7-10(11,12)13/h14H,4-7H2,1-3H3,(H,15,16). The van der Waals surface area contributed by atoms with Crippen LogP contribution in [-0.2, 0) is 4.79 Å². The lowest BCUT2D eigenvalue weighted by molar-refractivity contribution is -0.137. The van der Waals surface area contributed by atoms with Gasteiger partial charge in [0.25, 0.3) is 0 Å².